The van der Waals surface area contributed by atoms with Gasteiger partial charge in [-0.3, -0.25) is 14.5 Å². The number of fused-ring (bicyclic) bond motifs is 1. The fraction of sp³-hybridized carbons (Fsp3) is 0.304. The van der Waals surface area contributed by atoms with Crippen LogP contribution in [0.3, 0.4) is 0 Å². The zero-order chi connectivity index (χ0) is 21.6. The van der Waals surface area contributed by atoms with E-state index in [2.05, 4.69) is 10.3 Å². The molecule has 1 N–H and O–H groups in total. The predicted octanol–water partition coefficient (Wildman–Crippen LogP) is 2.30. The maximum Gasteiger partial charge on any atom is 0.325 e. The van der Waals surface area contributed by atoms with Crippen LogP contribution in [0, 0.1) is 0 Å². The number of urea groups is 1. The maximum atomic E-state index is 13.1. The fourth-order valence-corrected chi connectivity index (χ4v) is 4.47. The molecule has 0 unspecified atom stereocenters. The third kappa shape index (κ3) is 3.24. The maximum absolute atomic E-state index is 13.1. The van der Waals surface area contributed by atoms with Crippen molar-refractivity contribution in [2.75, 3.05) is 13.1 Å². The van der Waals surface area contributed by atoms with Crippen molar-refractivity contribution in [2.24, 2.45) is 7.05 Å². The van der Waals surface area contributed by atoms with Gasteiger partial charge in [-0.05, 0) is 36.6 Å². The second-order valence-corrected chi connectivity index (χ2v) is 8.24. The lowest BCUT2D eigenvalue weighted by atomic mass is 9.87. The number of aryl methyl sites for hydroxylation is 1. The Balaban J connectivity index is 1.28. The second-order valence-electron chi connectivity index (χ2n) is 8.24. The van der Waals surface area contributed by atoms with Gasteiger partial charge in [0.15, 0.2) is 0 Å². The van der Waals surface area contributed by atoms with Gasteiger partial charge in [0.05, 0.1) is 23.9 Å². The lowest BCUT2D eigenvalue weighted by molar-refractivity contribution is -0.133. The molecule has 0 saturated carbocycles. The molecule has 158 valence electrons. The summed E-state index contributed by atoms with van der Waals surface area (Å²) in [6, 6.07) is 14.6. The van der Waals surface area contributed by atoms with Crippen LogP contribution in [0.15, 0.2) is 54.9 Å². The van der Waals surface area contributed by atoms with Crippen molar-refractivity contribution >= 4 is 28.9 Å². The molecule has 2 aromatic carbocycles. The largest absolute Gasteiger partial charge is 0.338 e. The first kappa shape index (κ1) is 19.3. The minimum atomic E-state index is -0.923. The topological polar surface area (TPSA) is 87.5 Å². The minimum absolute atomic E-state index is 0.0830. The molecule has 5 rings (SSSR count). The molecule has 0 radical (unpaired) electrons. The summed E-state index contributed by atoms with van der Waals surface area (Å²) < 4.78 is 1.91. The molecule has 2 aliphatic rings. The van der Waals surface area contributed by atoms with E-state index in [9.17, 15) is 14.4 Å². The number of imidazole rings is 1. The summed E-state index contributed by atoms with van der Waals surface area (Å²) in [4.78, 5) is 46.0. The number of benzene rings is 2. The molecule has 3 aromatic rings. The van der Waals surface area contributed by atoms with Crippen molar-refractivity contribution in [3.63, 3.8) is 0 Å². The average Bonchev–Trinajstić information content (AvgIpc) is 3.27. The molecule has 4 amide bonds. The molecule has 2 saturated heterocycles. The van der Waals surface area contributed by atoms with Crippen LogP contribution >= 0.6 is 0 Å². The van der Waals surface area contributed by atoms with E-state index >= 15 is 0 Å². The van der Waals surface area contributed by atoms with Crippen LogP contribution in [0.25, 0.3) is 11.0 Å². The Bertz CT molecular complexity index is 1180. The number of likely N-dealkylation sites (tertiary alicyclic amines) is 1. The summed E-state index contributed by atoms with van der Waals surface area (Å²) in [5, 5.41) is 2.90. The molecule has 0 aliphatic carbocycles. The minimum Gasteiger partial charge on any atom is -0.338 e. The predicted molar refractivity (Wildman–Crippen MR) is 114 cm³/mol. The molecule has 8 heteroatoms. The monoisotopic (exact) mass is 417 g/mol. The van der Waals surface area contributed by atoms with Crippen LogP contribution in [0.2, 0.25) is 0 Å². The summed E-state index contributed by atoms with van der Waals surface area (Å²) in [5.74, 6) is -0.288. The van der Waals surface area contributed by atoms with Crippen molar-refractivity contribution in [2.45, 2.75) is 24.9 Å². The Morgan fingerprint density at radius 1 is 1.10 bits per heavy atom. The summed E-state index contributed by atoms with van der Waals surface area (Å²) in [7, 11) is 1.91. The molecule has 1 aromatic heterocycles. The number of rotatable bonds is 3. The fourth-order valence-electron chi connectivity index (χ4n) is 4.47. The lowest BCUT2D eigenvalue weighted by Crippen LogP contribution is -2.55. The number of nitrogens with one attached hydrogen (secondary N) is 1. The van der Waals surface area contributed by atoms with Gasteiger partial charge in [0, 0.05) is 25.7 Å². The van der Waals surface area contributed by atoms with Crippen LogP contribution in [0.4, 0.5) is 4.79 Å². The van der Waals surface area contributed by atoms with Gasteiger partial charge in [-0.2, -0.15) is 0 Å². The summed E-state index contributed by atoms with van der Waals surface area (Å²) in [6.07, 6.45) is 2.53. The number of piperidine rings is 1. The number of carbonyl (C=O) groups is 3. The number of imide groups is 1. The van der Waals surface area contributed by atoms with Gasteiger partial charge in [0.1, 0.15) is 5.54 Å². The van der Waals surface area contributed by atoms with Crippen LogP contribution in [0.5, 0.6) is 0 Å². The highest BCUT2D eigenvalue weighted by atomic mass is 16.2. The Kier molecular flexibility index (Phi) is 4.50. The Hall–Kier alpha value is -3.68. The molecule has 1 spiro atoms. The Morgan fingerprint density at radius 3 is 2.58 bits per heavy atom. The van der Waals surface area contributed by atoms with E-state index in [1.54, 1.807) is 23.4 Å². The molecular weight excluding hydrogens is 394 g/mol. The normalized spacial score (nSPS) is 18.1. The third-order valence-electron chi connectivity index (χ3n) is 6.31. The van der Waals surface area contributed by atoms with Gasteiger partial charge < -0.3 is 14.8 Å². The Morgan fingerprint density at radius 2 is 1.84 bits per heavy atom. The van der Waals surface area contributed by atoms with Crippen molar-refractivity contribution in [1.29, 1.82) is 0 Å². The van der Waals surface area contributed by atoms with Gasteiger partial charge in [-0.25, -0.2) is 9.78 Å². The molecule has 2 fully saturated rings. The molecule has 0 bridgehead atoms. The molecular formula is C23H23N5O3. The van der Waals surface area contributed by atoms with Crippen LogP contribution < -0.4 is 5.32 Å². The molecule has 8 nitrogen and oxygen atoms in total. The lowest BCUT2D eigenvalue weighted by Gasteiger charge is -2.37. The van der Waals surface area contributed by atoms with Gasteiger partial charge in [-0.1, -0.05) is 30.3 Å². The van der Waals surface area contributed by atoms with Crippen LogP contribution in [-0.4, -0.2) is 55.8 Å². The van der Waals surface area contributed by atoms with E-state index in [1.165, 1.54) is 4.90 Å². The quantitative estimate of drug-likeness (QED) is 0.663. The van der Waals surface area contributed by atoms with Crippen molar-refractivity contribution < 1.29 is 14.4 Å². The van der Waals surface area contributed by atoms with Crippen LogP contribution in [0.1, 0.15) is 28.8 Å². The number of carbonyl (C=O) groups excluding carboxylic acids is 3. The molecule has 31 heavy (non-hydrogen) atoms. The van der Waals surface area contributed by atoms with Gasteiger partial charge in [-0.15, -0.1) is 0 Å². The van der Waals surface area contributed by atoms with Crippen molar-refractivity contribution in [1.82, 2.24) is 24.7 Å². The average molecular weight is 417 g/mol. The Labute approximate surface area is 179 Å². The van der Waals surface area contributed by atoms with E-state index in [4.69, 9.17) is 0 Å². The second kappa shape index (κ2) is 7.23. The standard InChI is InChI=1S/C23H23N5O3/c1-26-15-24-18-13-17(7-8-19(18)26)20(29)27-11-9-23(10-12-27)21(30)28(22(31)25-23)14-16-5-3-2-4-6-16/h2-8,13,15H,9-12,14H2,1H3,(H,25,31). The number of hydrogen-bond donors (Lipinski definition) is 1. The molecule has 3 heterocycles. The molecule has 0 atom stereocenters. The summed E-state index contributed by atoms with van der Waals surface area (Å²) >= 11 is 0. The van der Waals surface area contributed by atoms with Gasteiger partial charge >= 0.3 is 6.03 Å². The van der Waals surface area contributed by atoms with Crippen molar-refractivity contribution in [3.8, 4) is 0 Å². The van der Waals surface area contributed by atoms with Gasteiger partial charge in [0.2, 0.25) is 0 Å². The van der Waals surface area contributed by atoms with E-state index in [0.29, 0.717) is 31.5 Å². The summed E-state index contributed by atoms with van der Waals surface area (Å²) in [5.41, 5.74) is 2.30. The zero-order valence-corrected chi connectivity index (χ0v) is 17.2. The van der Waals surface area contributed by atoms with E-state index in [0.717, 1.165) is 16.6 Å². The number of hydrogen-bond acceptors (Lipinski definition) is 4. The highest BCUT2D eigenvalue weighted by Crippen LogP contribution is 2.31. The van der Waals surface area contributed by atoms with Crippen LogP contribution in [-0.2, 0) is 18.4 Å². The van der Waals surface area contributed by atoms with Gasteiger partial charge in [0.25, 0.3) is 11.8 Å². The first-order chi connectivity index (χ1) is 15.0. The third-order valence-corrected chi connectivity index (χ3v) is 6.31. The van der Waals surface area contributed by atoms with Crippen molar-refractivity contribution in [3.05, 3.63) is 66.0 Å². The first-order valence-electron chi connectivity index (χ1n) is 10.4. The molecule has 2 aliphatic heterocycles. The summed E-state index contributed by atoms with van der Waals surface area (Å²) in [6.45, 7) is 1.06. The highest BCUT2D eigenvalue weighted by Gasteiger charge is 2.52. The van der Waals surface area contributed by atoms with E-state index in [-0.39, 0.29) is 24.4 Å². The number of nitrogens with zero attached hydrogens (tertiary/aromatic N) is 4. The zero-order valence-electron chi connectivity index (χ0n) is 17.2. The van der Waals surface area contributed by atoms with E-state index < -0.39 is 5.54 Å². The first-order valence-corrected chi connectivity index (χ1v) is 10.4. The SMILES string of the molecule is Cn1cnc2cc(C(=O)N3CCC4(CC3)NC(=O)N(Cc3ccccc3)C4=O)ccc21. The van der Waals surface area contributed by atoms with E-state index in [1.807, 2.05) is 48.0 Å². The number of amides is 4. The smallest absolute Gasteiger partial charge is 0.325 e. The highest BCUT2D eigenvalue weighted by molar-refractivity contribution is 6.07. The number of aromatic nitrogens is 2.